The molecular weight excluding hydrogens is 331 g/mol. The van der Waals surface area contributed by atoms with E-state index in [1.807, 2.05) is 36.4 Å². The summed E-state index contributed by atoms with van der Waals surface area (Å²) in [6.45, 7) is 0.387. The third-order valence-corrected chi connectivity index (χ3v) is 4.34. The first-order valence-electron chi connectivity index (χ1n) is 8.43. The Morgan fingerprint density at radius 1 is 0.923 bits per heavy atom. The smallest absolute Gasteiger partial charge is 0.198 e. The van der Waals surface area contributed by atoms with Crippen molar-refractivity contribution in [3.05, 3.63) is 101 Å². The number of hydrogen-bond acceptors (Lipinski definition) is 3. The largest absolute Gasteiger partial charge is 0.488 e. The van der Waals surface area contributed by atoms with Gasteiger partial charge in [0.15, 0.2) is 11.9 Å². The molecule has 0 bridgehead atoms. The van der Waals surface area contributed by atoms with Crippen molar-refractivity contribution in [2.75, 3.05) is 0 Å². The van der Waals surface area contributed by atoms with Crippen LogP contribution in [0.25, 0.3) is 0 Å². The van der Waals surface area contributed by atoms with Crippen LogP contribution in [0.2, 0.25) is 0 Å². The average molecular weight is 348 g/mol. The number of carbonyl (C=O) groups excluding carboxylic acids is 1. The lowest BCUT2D eigenvalue weighted by Gasteiger charge is -2.10. The van der Waals surface area contributed by atoms with Crippen LogP contribution >= 0.6 is 0 Å². The molecule has 0 aliphatic carbocycles. The second-order valence-corrected chi connectivity index (χ2v) is 6.16. The van der Waals surface area contributed by atoms with Crippen molar-refractivity contribution < 1.29 is 18.7 Å². The minimum absolute atomic E-state index is 0.122. The van der Waals surface area contributed by atoms with Gasteiger partial charge in [0.1, 0.15) is 24.3 Å². The Balaban J connectivity index is 1.48. The fraction of sp³-hybridized carbons (Fsp3) is 0.136. The maximum Gasteiger partial charge on any atom is 0.198 e. The third-order valence-electron chi connectivity index (χ3n) is 4.34. The first kappa shape index (κ1) is 16.5. The molecule has 0 radical (unpaired) electrons. The molecule has 26 heavy (non-hydrogen) atoms. The van der Waals surface area contributed by atoms with Gasteiger partial charge in [-0.1, -0.05) is 54.6 Å². The molecule has 3 aromatic rings. The summed E-state index contributed by atoms with van der Waals surface area (Å²) in [6.07, 6.45) is -0.882. The zero-order chi connectivity index (χ0) is 17.9. The number of halogens is 1. The number of benzene rings is 3. The second-order valence-electron chi connectivity index (χ2n) is 6.16. The molecule has 0 amide bonds. The summed E-state index contributed by atoms with van der Waals surface area (Å²) < 4.78 is 24.4. The summed E-state index contributed by atoms with van der Waals surface area (Å²) in [6, 6.07) is 23.0. The number of ketones is 1. The summed E-state index contributed by atoms with van der Waals surface area (Å²) in [4.78, 5) is 12.8. The molecule has 3 nitrogen and oxygen atoms in total. The van der Waals surface area contributed by atoms with Gasteiger partial charge in [-0.3, -0.25) is 4.79 Å². The molecule has 0 N–H and O–H groups in total. The van der Waals surface area contributed by atoms with Crippen LogP contribution in [0, 0.1) is 5.82 Å². The highest BCUT2D eigenvalue weighted by molar-refractivity contribution is 6.03. The van der Waals surface area contributed by atoms with Crippen molar-refractivity contribution in [1.82, 2.24) is 0 Å². The van der Waals surface area contributed by atoms with E-state index in [1.54, 1.807) is 30.3 Å². The fourth-order valence-electron chi connectivity index (χ4n) is 2.90. The van der Waals surface area contributed by atoms with Crippen LogP contribution < -0.4 is 4.74 Å². The zero-order valence-corrected chi connectivity index (χ0v) is 14.0. The van der Waals surface area contributed by atoms with E-state index >= 15 is 0 Å². The van der Waals surface area contributed by atoms with Crippen LogP contribution in [0.15, 0.2) is 78.9 Å². The molecule has 0 aromatic heterocycles. The molecule has 1 aliphatic rings. The number of Topliss-reactive ketones (excluding diaryl/α,β-unsaturated/α-hetero) is 1. The van der Waals surface area contributed by atoms with E-state index in [-0.39, 0.29) is 17.7 Å². The van der Waals surface area contributed by atoms with Gasteiger partial charge in [-0.05, 0) is 35.4 Å². The van der Waals surface area contributed by atoms with Crippen molar-refractivity contribution in [3.8, 4) is 5.75 Å². The van der Waals surface area contributed by atoms with Gasteiger partial charge >= 0.3 is 0 Å². The molecule has 1 aliphatic heterocycles. The average Bonchev–Trinajstić information content (AvgIpc) is 3.48. The minimum Gasteiger partial charge on any atom is -0.488 e. The van der Waals surface area contributed by atoms with Gasteiger partial charge in [-0.25, -0.2) is 4.39 Å². The summed E-state index contributed by atoms with van der Waals surface area (Å²) in [5, 5.41) is 0. The minimum atomic E-state index is -0.554. The van der Waals surface area contributed by atoms with Crippen LogP contribution in [0.3, 0.4) is 0 Å². The molecule has 0 unspecified atom stereocenters. The predicted molar refractivity (Wildman–Crippen MR) is 95.6 cm³/mol. The van der Waals surface area contributed by atoms with Crippen LogP contribution in [0.4, 0.5) is 4.39 Å². The van der Waals surface area contributed by atoms with E-state index in [9.17, 15) is 9.18 Å². The van der Waals surface area contributed by atoms with Crippen molar-refractivity contribution in [3.63, 3.8) is 0 Å². The Morgan fingerprint density at radius 2 is 1.62 bits per heavy atom. The fourth-order valence-corrected chi connectivity index (χ4v) is 2.90. The highest BCUT2D eigenvalue weighted by atomic mass is 19.1. The second kappa shape index (κ2) is 7.10. The lowest BCUT2D eigenvalue weighted by Crippen LogP contribution is -2.10. The van der Waals surface area contributed by atoms with Crippen molar-refractivity contribution in [1.29, 1.82) is 0 Å². The molecule has 4 rings (SSSR count). The molecule has 1 fully saturated rings. The summed E-state index contributed by atoms with van der Waals surface area (Å²) in [7, 11) is 0. The molecule has 3 aromatic carbocycles. The number of epoxide rings is 1. The monoisotopic (exact) mass is 348 g/mol. The first-order valence-corrected chi connectivity index (χ1v) is 8.43. The summed E-state index contributed by atoms with van der Waals surface area (Å²) in [5.74, 6) is 0.106. The zero-order valence-electron chi connectivity index (χ0n) is 14.0. The Labute approximate surface area is 151 Å². The van der Waals surface area contributed by atoms with Crippen LogP contribution in [-0.2, 0) is 11.3 Å². The SMILES string of the molecule is O=C(c1ccccc1OCc1ccccc1)[C@@H]1O[C@H]1c1ccc(F)cc1. The van der Waals surface area contributed by atoms with E-state index < -0.39 is 6.10 Å². The van der Waals surface area contributed by atoms with E-state index in [0.717, 1.165) is 11.1 Å². The van der Waals surface area contributed by atoms with Gasteiger partial charge in [0.05, 0.1) is 5.56 Å². The van der Waals surface area contributed by atoms with Gasteiger partial charge in [0, 0.05) is 0 Å². The van der Waals surface area contributed by atoms with Gasteiger partial charge < -0.3 is 9.47 Å². The molecule has 130 valence electrons. The Kier molecular flexibility index (Phi) is 4.50. The van der Waals surface area contributed by atoms with Gasteiger partial charge in [-0.2, -0.15) is 0 Å². The van der Waals surface area contributed by atoms with Crippen molar-refractivity contribution >= 4 is 5.78 Å². The maximum atomic E-state index is 13.0. The standard InChI is InChI=1S/C22H17FO3/c23-17-12-10-16(11-13-17)21-22(26-21)20(24)18-8-4-5-9-19(18)25-14-15-6-2-1-3-7-15/h1-13,21-22H,14H2/t21-,22-/m0/s1. The van der Waals surface area contributed by atoms with Crippen LogP contribution in [0.1, 0.15) is 27.6 Å². The topological polar surface area (TPSA) is 38.8 Å². The number of ether oxygens (including phenoxy) is 2. The number of rotatable bonds is 6. The lowest BCUT2D eigenvalue weighted by atomic mass is 10.0. The molecule has 4 heteroatoms. The molecule has 2 atom stereocenters. The molecule has 1 heterocycles. The number of hydrogen-bond donors (Lipinski definition) is 0. The molecule has 1 saturated heterocycles. The third kappa shape index (κ3) is 3.51. The normalized spacial score (nSPS) is 18.3. The molecular formula is C22H17FO3. The molecule has 0 spiro atoms. The Bertz CT molecular complexity index is 906. The quantitative estimate of drug-likeness (QED) is 0.478. The van der Waals surface area contributed by atoms with E-state index in [2.05, 4.69) is 0 Å². The van der Waals surface area contributed by atoms with Gasteiger partial charge in [0.2, 0.25) is 0 Å². The van der Waals surface area contributed by atoms with Crippen LogP contribution in [0.5, 0.6) is 5.75 Å². The van der Waals surface area contributed by atoms with Gasteiger partial charge in [-0.15, -0.1) is 0 Å². The first-order chi connectivity index (χ1) is 12.7. The van der Waals surface area contributed by atoms with Gasteiger partial charge in [0.25, 0.3) is 0 Å². The predicted octanol–water partition coefficient (Wildman–Crippen LogP) is 4.73. The van der Waals surface area contributed by atoms with E-state index in [1.165, 1.54) is 12.1 Å². The maximum absolute atomic E-state index is 13.0. The number of para-hydroxylation sites is 1. The summed E-state index contributed by atoms with van der Waals surface area (Å²) >= 11 is 0. The highest BCUT2D eigenvalue weighted by Crippen LogP contribution is 2.41. The lowest BCUT2D eigenvalue weighted by molar-refractivity contribution is 0.0949. The van der Waals surface area contributed by atoms with E-state index in [4.69, 9.17) is 9.47 Å². The molecule has 0 saturated carbocycles. The van der Waals surface area contributed by atoms with Crippen molar-refractivity contribution in [2.24, 2.45) is 0 Å². The van der Waals surface area contributed by atoms with Crippen LogP contribution in [-0.4, -0.2) is 11.9 Å². The summed E-state index contributed by atoms with van der Waals surface area (Å²) in [5.41, 5.74) is 2.33. The highest BCUT2D eigenvalue weighted by Gasteiger charge is 2.46. The Hall–Kier alpha value is -2.98. The van der Waals surface area contributed by atoms with E-state index in [0.29, 0.717) is 17.9 Å². The Morgan fingerprint density at radius 3 is 2.38 bits per heavy atom. The van der Waals surface area contributed by atoms with Crippen molar-refractivity contribution in [2.45, 2.75) is 18.8 Å². The number of carbonyl (C=O) groups is 1.